The van der Waals surface area contributed by atoms with Gasteiger partial charge >= 0.3 is 6.03 Å². The summed E-state index contributed by atoms with van der Waals surface area (Å²) in [5, 5.41) is 3.17. The minimum absolute atomic E-state index is 0.0973. The molecular weight excluding hydrogens is 274 g/mol. The third-order valence-corrected chi connectivity index (χ3v) is 5.25. The maximum atomic E-state index is 12.3. The van der Waals surface area contributed by atoms with Crippen LogP contribution in [0.2, 0.25) is 0 Å². The van der Waals surface area contributed by atoms with Gasteiger partial charge < -0.3 is 15.0 Å². The van der Waals surface area contributed by atoms with E-state index in [0.29, 0.717) is 6.04 Å². The molecule has 2 amide bonds. The van der Waals surface area contributed by atoms with Gasteiger partial charge in [-0.1, -0.05) is 0 Å². The summed E-state index contributed by atoms with van der Waals surface area (Å²) >= 11 is 1.94. The molecule has 2 saturated heterocycles. The van der Waals surface area contributed by atoms with E-state index in [2.05, 4.69) is 24.1 Å². The highest BCUT2D eigenvalue weighted by molar-refractivity contribution is 7.99. The first-order valence-electron chi connectivity index (χ1n) is 7.63. The largest absolute Gasteiger partial charge is 0.379 e. The summed E-state index contributed by atoms with van der Waals surface area (Å²) in [5.74, 6) is 2.23. The first kappa shape index (κ1) is 15.9. The molecule has 5 nitrogen and oxygen atoms in total. The SMILES string of the molecule is C[C@H](NC(=O)N1CCCSCC1)[C@H](C)N1CCOCC1. The fraction of sp³-hybridized carbons (Fsp3) is 0.929. The number of nitrogens with one attached hydrogen (secondary N) is 1. The van der Waals surface area contributed by atoms with Crippen LogP contribution < -0.4 is 5.32 Å². The number of thioether (sulfide) groups is 1. The molecule has 6 heteroatoms. The highest BCUT2D eigenvalue weighted by Gasteiger charge is 2.25. The van der Waals surface area contributed by atoms with Crippen molar-refractivity contribution in [3.05, 3.63) is 0 Å². The average Bonchev–Trinajstić information content (AvgIpc) is 2.76. The molecule has 2 rings (SSSR count). The summed E-state index contributed by atoms with van der Waals surface area (Å²) in [6.45, 7) is 9.57. The predicted molar refractivity (Wildman–Crippen MR) is 83.4 cm³/mol. The van der Waals surface area contributed by atoms with Gasteiger partial charge in [-0.25, -0.2) is 4.79 Å². The Morgan fingerprint density at radius 3 is 2.65 bits per heavy atom. The molecule has 2 atom stereocenters. The number of ether oxygens (including phenoxy) is 1. The molecule has 0 aromatic carbocycles. The van der Waals surface area contributed by atoms with Gasteiger partial charge in [0.25, 0.3) is 0 Å². The molecule has 2 heterocycles. The quantitative estimate of drug-likeness (QED) is 0.852. The van der Waals surface area contributed by atoms with Crippen LogP contribution in [0.4, 0.5) is 4.79 Å². The molecule has 2 fully saturated rings. The van der Waals surface area contributed by atoms with Gasteiger partial charge in [-0.05, 0) is 26.0 Å². The summed E-state index contributed by atoms with van der Waals surface area (Å²) in [6.07, 6.45) is 1.10. The zero-order chi connectivity index (χ0) is 14.4. The molecule has 0 aliphatic carbocycles. The Hall–Kier alpha value is -0.460. The van der Waals surface area contributed by atoms with Crippen molar-refractivity contribution in [1.82, 2.24) is 15.1 Å². The third kappa shape index (κ3) is 4.53. The molecule has 1 N–H and O–H groups in total. The van der Waals surface area contributed by atoms with Gasteiger partial charge in [-0.2, -0.15) is 11.8 Å². The van der Waals surface area contributed by atoms with Crippen molar-refractivity contribution in [3.63, 3.8) is 0 Å². The maximum absolute atomic E-state index is 12.3. The van der Waals surface area contributed by atoms with Crippen molar-refractivity contribution in [2.24, 2.45) is 0 Å². The monoisotopic (exact) mass is 301 g/mol. The molecule has 0 unspecified atom stereocenters. The molecule has 116 valence electrons. The zero-order valence-electron chi connectivity index (χ0n) is 12.6. The Bertz CT molecular complexity index is 303. The van der Waals surface area contributed by atoms with Crippen molar-refractivity contribution in [2.45, 2.75) is 32.4 Å². The van der Waals surface area contributed by atoms with E-state index >= 15 is 0 Å². The Labute approximate surface area is 126 Å². The van der Waals surface area contributed by atoms with Crippen molar-refractivity contribution in [2.75, 3.05) is 50.9 Å². The van der Waals surface area contributed by atoms with Crippen LogP contribution in [0.1, 0.15) is 20.3 Å². The second-order valence-corrected chi connectivity index (χ2v) is 6.80. The van der Waals surface area contributed by atoms with E-state index in [-0.39, 0.29) is 12.1 Å². The van der Waals surface area contributed by atoms with Crippen LogP contribution in [-0.4, -0.2) is 78.8 Å². The second-order valence-electron chi connectivity index (χ2n) is 5.58. The van der Waals surface area contributed by atoms with Crippen LogP contribution in [0.5, 0.6) is 0 Å². The van der Waals surface area contributed by atoms with Gasteiger partial charge in [0, 0.05) is 44.0 Å². The Morgan fingerprint density at radius 1 is 1.15 bits per heavy atom. The first-order valence-corrected chi connectivity index (χ1v) is 8.79. The predicted octanol–water partition coefficient (Wildman–Crippen LogP) is 1.24. The number of hydrogen-bond donors (Lipinski definition) is 1. The first-order chi connectivity index (χ1) is 9.68. The number of nitrogens with zero attached hydrogens (tertiary/aromatic N) is 2. The number of rotatable bonds is 3. The third-order valence-electron chi connectivity index (χ3n) is 4.21. The van der Waals surface area contributed by atoms with Gasteiger partial charge in [-0.15, -0.1) is 0 Å². The molecule has 0 spiro atoms. The minimum atomic E-state index is 0.0973. The molecule has 2 aliphatic rings. The summed E-state index contributed by atoms with van der Waals surface area (Å²) in [7, 11) is 0. The number of morpholine rings is 1. The van der Waals surface area contributed by atoms with E-state index in [4.69, 9.17) is 4.74 Å². The van der Waals surface area contributed by atoms with Gasteiger partial charge in [0.2, 0.25) is 0 Å². The van der Waals surface area contributed by atoms with Crippen LogP contribution in [0, 0.1) is 0 Å². The number of carbonyl (C=O) groups excluding carboxylic acids is 1. The summed E-state index contributed by atoms with van der Waals surface area (Å²) in [6, 6.07) is 0.612. The smallest absolute Gasteiger partial charge is 0.317 e. The second kappa shape index (κ2) is 8.10. The van der Waals surface area contributed by atoms with Crippen molar-refractivity contribution >= 4 is 17.8 Å². The van der Waals surface area contributed by atoms with Gasteiger partial charge in [0.1, 0.15) is 0 Å². The fourth-order valence-corrected chi connectivity index (χ4v) is 3.54. The lowest BCUT2D eigenvalue weighted by atomic mass is 10.1. The normalized spacial score (nSPS) is 24.8. The summed E-state index contributed by atoms with van der Waals surface area (Å²) in [5.41, 5.74) is 0. The van der Waals surface area contributed by atoms with Gasteiger partial charge in [-0.3, -0.25) is 4.90 Å². The standard InChI is InChI=1S/C14H27N3O2S/c1-12(13(2)16-5-8-19-9-6-16)15-14(18)17-4-3-10-20-11-7-17/h12-13H,3-11H2,1-2H3,(H,15,18)/t12-,13-/m0/s1. The minimum Gasteiger partial charge on any atom is -0.379 e. The number of hydrogen-bond acceptors (Lipinski definition) is 4. The van der Waals surface area contributed by atoms with Crippen LogP contribution in [0.3, 0.4) is 0 Å². The van der Waals surface area contributed by atoms with Crippen molar-refractivity contribution < 1.29 is 9.53 Å². The maximum Gasteiger partial charge on any atom is 0.317 e. The van der Waals surface area contributed by atoms with E-state index in [1.807, 2.05) is 16.7 Å². The lowest BCUT2D eigenvalue weighted by Crippen LogP contribution is -2.54. The van der Waals surface area contributed by atoms with Crippen LogP contribution >= 0.6 is 11.8 Å². The van der Waals surface area contributed by atoms with E-state index in [0.717, 1.165) is 51.6 Å². The molecule has 0 bridgehead atoms. The zero-order valence-corrected chi connectivity index (χ0v) is 13.5. The highest BCUT2D eigenvalue weighted by atomic mass is 32.2. The van der Waals surface area contributed by atoms with E-state index < -0.39 is 0 Å². The van der Waals surface area contributed by atoms with Gasteiger partial charge in [0.15, 0.2) is 0 Å². The molecule has 0 aromatic heterocycles. The molecule has 0 aromatic rings. The average molecular weight is 301 g/mol. The van der Waals surface area contributed by atoms with E-state index in [1.165, 1.54) is 5.75 Å². The molecule has 2 aliphatic heterocycles. The summed E-state index contributed by atoms with van der Waals surface area (Å²) in [4.78, 5) is 16.7. The van der Waals surface area contributed by atoms with Crippen LogP contribution in [0.15, 0.2) is 0 Å². The lowest BCUT2D eigenvalue weighted by molar-refractivity contribution is 0.0141. The molecular formula is C14H27N3O2S. The number of carbonyl (C=O) groups is 1. The molecule has 20 heavy (non-hydrogen) atoms. The topological polar surface area (TPSA) is 44.8 Å². The Kier molecular flexibility index (Phi) is 6.45. The van der Waals surface area contributed by atoms with Gasteiger partial charge in [0.05, 0.1) is 13.2 Å². The van der Waals surface area contributed by atoms with Crippen molar-refractivity contribution in [3.8, 4) is 0 Å². The van der Waals surface area contributed by atoms with E-state index in [9.17, 15) is 4.79 Å². The van der Waals surface area contributed by atoms with E-state index in [1.54, 1.807) is 0 Å². The molecule has 0 saturated carbocycles. The van der Waals surface area contributed by atoms with Crippen LogP contribution in [0.25, 0.3) is 0 Å². The summed E-state index contributed by atoms with van der Waals surface area (Å²) < 4.78 is 5.38. The number of amides is 2. The van der Waals surface area contributed by atoms with Crippen LogP contribution in [-0.2, 0) is 4.74 Å². The highest BCUT2D eigenvalue weighted by Crippen LogP contribution is 2.11. The number of urea groups is 1. The Morgan fingerprint density at radius 2 is 1.90 bits per heavy atom. The van der Waals surface area contributed by atoms with Crippen molar-refractivity contribution in [1.29, 1.82) is 0 Å². The molecule has 0 radical (unpaired) electrons. The Balaban J connectivity index is 1.79. The lowest BCUT2D eigenvalue weighted by Gasteiger charge is -2.36. The fourth-order valence-electron chi connectivity index (χ4n) is 2.66.